The number of aliphatic carboxylic acids is 1. The number of fused-ring (bicyclic) bond motifs is 1. The van der Waals surface area contributed by atoms with Crippen molar-refractivity contribution in [2.24, 2.45) is 5.73 Å². The third-order valence-corrected chi connectivity index (χ3v) is 2.60. The maximum atomic E-state index is 11.0. The summed E-state index contributed by atoms with van der Waals surface area (Å²) in [7, 11) is 0. The predicted octanol–water partition coefficient (Wildman–Crippen LogP) is -1.25. The second-order valence-corrected chi connectivity index (χ2v) is 3.64. The van der Waals surface area contributed by atoms with Crippen molar-refractivity contribution in [1.82, 2.24) is 4.90 Å². The summed E-state index contributed by atoms with van der Waals surface area (Å²) >= 11 is 0. The van der Waals surface area contributed by atoms with Crippen LogP contribution in [-0.4, -0.2) is 46.8 Å². The Morgan fingerprint density at radius 1 is 1.79 bits per heavy atom. The highest BCUT2D eigenvalue weighted by molar-refractivity contribution is 5.83. The Morgan fingerprint density at radius 2 is 2.50 bits per heavy atom. The van der Waals surface area contributed by atoms with Crippen molar-refractivity contribution in [2.75, 3.05) is 6.54 Å². The van der Waals surface area contributed by atoms with Crippen LogP contribution in [-0.2, 0) is 14.3 Å². The summed E-state index contributed by atoms with van der Waals surface area (Å²) in [5.41, 5.74) is 5.36. The van der Waals surface area contributed by atoms with Crippen molar-refractivity contribution >= 4 is 11.9 Å². The lowest BCUT2D eigenvalue weighted by atomic mass is 10.1. The van der Waals surface area contributed by atoms with Gasteiger partial charge in [0.2, 0.25) is 5.91 Å². The first kappa shape index (κ1) is 9.42. The number of carbonyl (C=O) groups excluding carboxylic acids is 1. The average Bonchev–Trinajstić information content (AvgIpc) is 2.42. The molecule has 2 aliphatic rings. The molecule has 3 N–H and O–H groups in total. The molecular formula is C8H12N2O4. The third kappa shape index (κ3) is 1.46. The average molecular weight is 200 g/mol. The normalized spacial score (nSPS) is 32.4. The molecule has 0 aromatic rings. The van der Waals surface area contributed by atoms with Crippen LogP contribution in [0.1, 0.15) is 12.8 Å². The second kappa shape index (κ2) is 3.21. The molecule has 6 nitrogen and oxygen atoms in total. The highest BCUT2D eigenvalue weighted by Gasteiger charge is 2.45. The molecule has 0 aromatic heterocycles. The monoisotopic (exact) mass is 200 g/mol. The molecule has 1 amide bonds. The fourth-order valence-corrected chi connectivity index (χ4v) is 1.76. The topological polar surface area (TPSA) is 92.9 Å². The number of β-lactam (4-membered cyclic amide) rings is 1. The molecule has 2 saturated heterocycles. The molecule has 0 bridgehead atoms. The molecule has 78 valence electrons. The minimum atomic E-state index is -1.03. The van der Waals surface area contributed by atoms with Gasteiger partial charge in [-0.05, 0) is 0 Å². The Morgan fingerprint density at radius 3 is 3.00 bits per heavy atom. The van der Waals surface area contributed by atoms with E-state index in [9.17, 15) is 9.59 Å². The highest BCUT2D eigenvalue weighted by atomic mass is 16.5. The van der Waals surface area contributed by atoms with E-state index in [1.165, 1.54) is 0 Å². The SMILES string of the molecule is N[C@@H](C[C@H]1CN2C(=O)C[C@@H]2O1)C(=O)O. The lowest BCUT2D eigenvalue weighted by molar-refractivity contribution is -0.157. The highest BCUT2D eigenvalue weighted by Crippen LogP contribution is 2.29. The zero-order valence-electron chi connectivity index (χ0n) is 7.55. The van der Waals surface area contributed by atoms with Gasteiger partial charge >= 0.3 is 5.97 Å². The van der Waals surface area contributed by atoms with Crippen LogP contribution in [0.3, 0.4) is 0 Å². The van der Waals surface area contributed by atoms with E-state index >= 15 is 0 Å². The van der Waals surface area contributed by atoms with Crippen LogP contribution < -0.4 is 5.73 Å². The van der Waals surface area contributed by atoms with Gasteiger partial charge in [0.1, 0.15) is 12.3 Å². The number of nitrogens with two attached hydrogens (primary N) is 1. The van der Waals surface area contributed by atoms with Gasteiger partial charge in [0.05, 0.1) is 12.5 Å². The maximum Gasteiger partial charge on any atom is 0.320 e. The maximum absolute atomic E-state index is 11.0. The van der Waals surface area contributed by atoms with Crippen LogP contribution in [0, 0.1) is 0 Å². The number of hydrogen-bond donors (Lipinski definition) is 2. The first-order valence-corrected chi connectivity index (χ1v) is 4.51. The minimum absolute atomic E-state index is 0.0707. The molecule has 0 saturated carbocycles. The summed E-state index contributed by atoms with van der Waals surface area (Å²) in [6.07, 6.45) is 0.320. The number of hydrogen-bond acceptors (Lipinski definition) is 4. The first-order valence-electron chi connectivity index (χ1n) is 4.51. The Labute approximate surface area is 80.6 Å². The number of nitrogens with zero attached hydrogens (tertiary/aromatic N) is 1. The third-order valence-electron chi connectivity index (χ3n) is 2.60. The fraction of sp³-hybridized carbons (Fsp3) is 0.750. The predicted molar refractivity (Wildman–Crippen MR) is 45.2 cm³/mol. The number of amides is 1. The van der Waals surface area contributed by atoms with Gasteiger partial charge in [-0.25, -0.2) is 0 Å². The van der Waals surface area contributed by atoms with Gasteiger partial charge in [-0.1, -0.05) is 0 Å². The molecule has 2 heterocycles. The van der Waals surface area contributed by atoms with Gasteiger partial charge in [0, 0.05) is 13.0 Å². The summed E-state index contributed by atoms with van der Waals surface area (Å²) in [5, 5.41) is 8.58. The number of carboxylic acids is 1. The minimum Gasteiger partial charge on any atom is -0.480 e. The van der Waals surface area contributed by atoms with Gasteiger partial charge in [0.15, 0.2) is 0 Å². The van der Waals surface area contributed by atoms with Crippen molar-refractivity contribution < 1.29 is 19.4 Å². The largest absolute Gasteiger partial charge is 0.480 e. The van der Waals surface area contributed by atoms with Crippen LogP contribution in [0.15, 0.2) is 0 Å². The Kier molecular flexibility index (Phi) is 2.16. The van der Waals surface area contributed by atoms with E-state index in [1.54, 1.807) is 4.90 Å². The Bertz CT molecular complexity index is 281. The molecule has 2 aliphatic heterocycles. The molecule has 2 rings (SSSR count). The van der Waals surface area contributed by atoms with Crippen molar-refractivity contribution in [1.29, 1.82) is 0 Å². The quantitative estimate of drug-likeness (QED) is 0.555. The Hall–Kier alpha value is -1.14. The van der Waals surface area contributed by atoms with Gasteiger partial charge in [-0.2, -0.15) is 0 Å². The van der Waals surface area contributed by atoms with Crippen molar-refractivity contribution in [3.63, 3.8) is 0 Å². The van der Waals surface area contributed by atoms with E-state index in [-0.39, 0.29) is 24.7 Å². The number of carboxylic acid groups (broad SMARTS) is 1. The van der Waals surface area contributed by atoms with Crippen molar-refractivity contribution in [3.05, 3.63) is 0 Å². The van der Waals surface area contributed by atoms with E-state index in [1.807, 2.05) is 0 Å². The summed E-state index contributed by atoms with van der Waals surface area (Å²) in [6, 6.07) is -0.909. The summed E-state index contributed by atoms with van der Waals surface area (Å²) in [5.74, 6) is -0.962. The molecule has 0 radical (unpaired) electrons. The molecule has 0 unspecified atom stereocenters. The summed E-state index contributed by atoms with van der Waals surface area (Å²) in [6.45, 7) is 0.477. The second-order valence-electron chi connectivity index (χ2n) is 3.64. The van der Waals surface area contributed by atoms with Crippen LogP contribution in [0.4, 0.5) is 0 Å². The summed E-state index contributed by atoms with van der Waals surface area (Å²) < 4.78 is 5.41. The van der Waals surface area contributed by atoms with Crippen LogP contribution in [0.25, 0.3) is 0 Å². The Balaban J connectivity index is 1.84. The van der Waals surface area contributed by atoms with E-state index in [4.69, 9.17) is 15.6 Å². The molecule has 14 heavy (non-hydrogen) atoms. The van der Waals surface area contributed by atoms with Gasteiger partial charge in [-0.15, -0.1) is 0 Å². The molecule has 2 fully saturated rings. The van der Waals surface area contributed by atoms with Gasteiger partial charge in [0.25, 0.3) is 0 Å². The zero-order chi connectivity index (χ0) is 10.3. The lowest BCUT2D eigenvalue weighted by Gasteiger charge is -2.31. The first-order chi connectivity index (χ1) is 6.58. The van der Waals surface area contributed by atoms with Gasteiger partial charge in [-0.3, -0.25) is 9.59 Å². The van der Waals surface area contributed by atoms with Crippen molar-refractivity contribution in [3.8, 4) is 0 Å². The zero-order valence-corrected chi connectivity index (χ0v) is 7.55. The van der Waals surface area contributed by atoms with E-state index in [0.29, 0.717) is 13.0 Å². The fourth-order valence-electron chi connectivity index (χ4n) is 1.76. The van der Waals surface area contributed by atoms with Crippen LogP contribution in [0.5, 0.6) is 0 Å². The number of ether oxygens (including phenoxy) is 1. The molecule has 3 atom stereocenters. The summed E-state index contributed by atoms with van der Waals surface area (Å²) in [4.78, 5) is 23.1. The smallest absolute Gasteiger partial charge is 0.320 e. The van der Waals surface area contributed by atoms with E-state index < -0.39 is 12.0 Å². The van der Waals surface area contributed by atoms with E-state index in [0.717, 1.165) is 0 Å². The van der Waals surface area contributed by atoms with Crippen LogP contribution >= 0.6 is 0 Å². The molecule has 0 aliphatic carbocycles. The molecule has 0 aromatic carbocycles. The van der Waals surface area contributed by atoms with Crippen molar-refractivity contribution in [2.45, 2.75) is 31.2 Å². The number of carbonyl (C=O) groups is 2. The van der Waals surface area contributed by atoms with Crippen LogP contribution in [0.2, 0.25) is 0 Å². The van der Waals surface area contributed by atoms with Gasteiger partial charge < -0.3 is 20.5 Å². The standard InChI is InChI=1S/C8H12N2O4/c9-5(8(12)13)1-4-3-10-6(11)2-7(10)14-4/h4-5,7H,1-3,9H2,(H,12,13)/t4-,5-,7-/m0/s1. The molecule has 6 heteroatoms. The molecule has 0 spiro atoms. The van der Waals surface area contributed by atoms with E-state index in [2.05, 4.69) is 0 Å². The molecular weight excluding hydrogens is 188 g/mol. The lowest BCUT2D eigenvalue weighted by Crippen LogP contribution is -2.48. The number of rotatable bonds is 3.